The van der Waals surface area contributed by atoms with Crippen LogP contribution >= 0.6 is 0 Å². The van der Waals surface area contributed by atoms with Crippen LogP contribution in [0.3, 0.4) is 0 Å². The van der Waals surface area contributed by atoms with Gasteiger partial charge in [-0.3, -0.25) is 4.79 Å². The zero-order chi connectivity index (χ0) is 14.1. The summed E-state index contributed by atoms with van der Waals surface area (Å²) >= 11 is 0. The molecule has 0 aliphatic heterocycles. The summed E-state index contributed by atoms with van der Waals surface area (Å²) in [4.78, 5) is 11.4. The van der Waals surface area contributed by atoms with Gasteiger partial charge in [0.2, 0.25) is 0 Å². The molecule has 0 radical (unpaired) electrons. The lowest BCUT2D eigenvalue weighted by Crippen LogP contribution is -2.46. The molecule has 0 fully saturated rings. The summed E-state index contributed by atoms with van der Waals surface area (Å²) in [6.45, 7) is 4.86. The monoisotopic (exact) mass is 266 g/mol. The van der Waals surface area contributed by atoms with Crippen LogP contribution in [-0.2, 0) is 20.9 Å². The summed E-state index contributed by atoms with van der Waals surface area (Å²) in [5, 5.41) is 1.73. The lowest BCUT2D eigenvalue weighted by Gasteiger charge is -2.21. The molecule has 1 rings (SSSR count). The Kier molecular flexibility index (Phi) is 7.10. The first-order valence-corrected chi connectivity index (χ1v) is 6.39. The topological polar surface area (TPSA) is 50.8 Å². The van der Waals surface area contributed by atoms with Crippen LogP contribution in [0.2, 0.25) is 0 Å². The van der Waals surface area contributed by atoms with Crippen LogP contribution in [-0.4, -0.2) is 37.4 Å². The summed E-state index contributed by atoms with van der Waals surface area (Å²) in [5.74, 6) is -0.266. The van der Waals surface area contributed by atoms with Gasteiger partial charge in [-0.25, -0.2) is 10.4 Å². The maximum atomic E-state index is 11.4. The molecule has 1 N–H and O–H groups in total. The third-order valence-corrected chi connectivity index (χ3v) is 2.45. The second kappa shape index (κ2) is 8.63. The van der Waals surface area contributed by atoms with Crippen molar-refractivity contribution in [2.75, 3.05) is 20.4 Å². The van der Waals surface area contributed by atoms with Crippen LogP contribution in [0.15, 0.2) is 30.3 Å². The molecule has 5 heteroatoms. The zero-order valence-electron chi connectivity index (χ0n) is 11.8. The Morgan fingerprint density at radius 3 is 2.68 bits per heavy atom. The first-order chi connectivity index (χ1) is 9.13. The fourth-order valence-corrected chi connectivity index (χ4v) is 1.56. The quantitative estimate of drug-likeness (QED) is 0.439. The molecule has 19 heavy (non-hydrogen) atoms. The Labute approximate surface area is 114 Å². The van der Waals surface area contributed by atoms with Crippen LogP contribution in [0, 0.1) is 0 Å². The highest BCUT2D eigenvalue weighted by Crippen LogP contribution is 2.00. The summed E-state index contributed by atoms with van der Waals surface area (Å²) in [7, 11) is 1.82. The van der Waals surface area contributed by atoms with Crippen LogP contribution < -0.4 is 5.43 Å². The minimum Gasteiger partial charge on any atom is -0.465 e. The number of hydrazine groups is 1. The van der Waals surface area contributed by atoms with Gasteiger partial charge in [0.15, 0.2) is 0 Å². The van der Waals surface area contributed by atoms with Gasteiger partial charge in [-0.1, -0.05) is 30.3 Å². The molecule has 0 amide bonds. The van der Waals surface area contributed by atoms with Crippen LogP contribution in [0.25, 0.3) is 0 Å². The molecule has 0 heterocycles. The molecule has 0 aromatic heterocycles. The lowest BCUT2D eigenvalue weighted by molar-refractivity contribution is -0.147. The van der Waals surface area contributed by atoms with Gasteiger partial charge in [-0.2, -0.15) is 0 Å². The zero-order valence-corrected chi connectivity index (χ0v) is 11.8. The minimum absolute atomic E-state index is 0.266. The Hall–Kier alpha value is -1.43. The highest BCUT2D eigenvalue weighted by atomic mass is 16.5. The molecular formula is C14H22N2O3. The Bertz CT molecular complexity index is 370. The minimum atomic E-state index is -0.384. The number of esters is 1. The highest BCUT2D eigenvalue weighted by molar-refractivity contribution is 5.75. The Balaban J connectivity index is 2.20. The molecular weight excluding hydrogens is 244 g/mol. The summed E-state index contributed by atoms with van der Waals surface area (Å²) in [5.41, 5.74) is 4.10. The number of nitrogens with zero attached hydrogens (tertiary/aromatic N) is 1. The molecule has 0 aliphatic carbocycles. The van der Waals surface area contributed by atoms with Crippen molar-refractivity contribution in [3.8, 4) is 0 Å². The molecule has 0 saturated carbocycles. The van der Waals surface area contributed by atoms with Crippen molar-refractivity contribution in [3.05, 3.63) is 35.9 Å². The molecule has 0 saturated heterocycles. The third-order valence-electron chi connectivity index (χ3n) is 2.45. The molecule has 0 aliphatic rings. The third kappa shape index (κ3) is 6.33. The maximum absolute atomic E-state index is 11.4. The van der Waals surface area contributed by atoms with E-state index in [4.69, 9.17) is 9.47 Å². The van der Waals surface area contributed by atoms with E-state index in [1.807, 2.05) is 37.4 Å². The fourth-order valence-electron chi connectivity index (χ4n) is 1.56. The van der Waals surface area contributed by atoms with Gasteiger partial charge in [-0.15, -0.1) is 0 Å². The predicted octanol–water partition coefficient (Wildman–Crippen LogP) is 1.55. The number of benzene rings is 1. The average molecular weight is 266 g/mol. The van der Waals surface area contributed by atoms with Crippen molar-refractivity contribution >= 4 is 5.97 Å². The number of carbonyl (C=O) groups is 1. The van der Waals surface area contributed by atoms with Gasteiger partial charge in [0.1, 0.15) is 12.8 Å². The van der Waals surface area contributed by atoms with Gasteiger partial charge in [-0.05, 0) is 19.4 Å². The Morgan fingerprint density at radius 1 is 1.37 bits per heavy atom. The average Bonchev–Trinajstić information content (AvgIpc) is 2.40. The van der Waals surface area contributed by atoms with Crippen LogP contribution in [0.5, 0.6) is 0 Å². The summed E-state index contributed by atoms with van der Waals surface area (Å²) in [6.07, 6.45) is 0. The van der Waals surface area contributed by atoms with E-state index < -0.39 is 0 Å². The van der Waals surface area contributed by atoms with Crippen LogP contribution in [0.4, 0.5) is 0 Å². The number of ether oxygens (including phenoxy) is 2. The second-order valence-electron chi connectivity index (χ2n) is 4.26. The number of hydrogen-bond donors (Lipinski definition) is 1. The lowest BCUT2D eigenvalue weighted by atomic mass is 10.2. The van der Waals surface area contributed by atoms with Crippen molar-refractivity contribution in [2.24, 2.45) is 0 Å². The molecule has 1 aromatic carbocycles. The van der Waals surface area contributed by atoms with E-state index in [1.54, 1.807) is 18.9 Å². The van der Waals surface area contributed by atoms with Crippen molar-refractivity contribution in [3.63, 3.8) is 0 Å². The van der Waals surface area contributed by atoms with E-state index in [1.165, 1.54) is 0 Å². The van der Waals surface area contributed by atoms with E-state index in [2.05, 4.69) is 5.43 Å². The molecule has 1 aromatic rings. The van der Waals surface area contributed by atoms with E-state index in [0.717, 1.165) is 5.56 Å². The Morgan fingerprint density at radius 2 is 2.05 bits per heavy atom. The number of hydrogen-bond acceptors (Lipinski definition) is 5. The van der Waals surface area contributed by atoms with Gasteiger partial charge in [0, 0.05) is 7.05 Å². The second-order valence-corrected chi connectivity index (χ2v) is 4.26. The van der Waals surface area contributed by atoms with Gasteiger partial charge >= 0.3 is 5.97 Å². The fraction of sp³-hybridized carbons (Fsp3) is 0.500. The normalized spacial score (nSPS) is 12.4. The molecule has 1 atom stereocenters. The van der Waals surface area contributed by atoms with E-state index >= 15 is 0 Å². The van der Waals surface area contributed by atoms with E-state index in [9.17, 15) is 4.79 Å². The van der Waals surface area contributed by atoms with Crippen LogP contribution in [0.1, 0.15) is 19.4 Å². The van der Waals surface area contributed by atoms with Crippen molar-refractivity contribution < 1.29 is 14.3 Å². The standard InChI is InChI=1S/C14H22N2O3/c1-4-19-14(17)12(2)15-16(3)11-18-10-13-8-6-5-7-9-13/h5-9,12,15H,4,10-11H2,1-3H3. The number of nitrogens with one attached hydrogen (secondary N) is 1. The largest absolute Gasteiger partial charge is 0.465 e. The predicted molar refractivity (Wildman–Crippen MR) is 73.1 cm³/mol. The van der Waals surface area contributed by atoms with Gasteiger partial charge in [0.05, 0.1) is 13.2 Å². The van der Waals surface area contributed by atoms with Gasteiger partial charge < -0.3 is 9.47 Å². The molecule has 1 unspecified atom stereocenters. The molecule has 0 spiro atoms. The molecule has 0 bridgehead atoms. The van der Waals surface area contributed by atoms with Gasteiger partial charge in [0.25, 0.3) is 0 Å². The smallest absolute Gasteiger partial charge is 0.324 e. The molecule has 106 valence electrons. The highest BCUT2D eigenvalue weighted by Gasteiger charge is 2.14. The first-order valence-electron chi connectivity index (χ1n) is 6.39. The number of carbonyl (C=O) groups excluding carboxylic acids is 1. The van der Waals surface area contributed by atoms with Crippen molar-refractivity contribution in [1.29, 1.82) is 0 Å². The van der Waals surface area contributed by atoms with E-state index in [0.29, 0.717) is 19.9 Å². The van der Waals surface area contributed by atoms with E-state index in [-0.39, 0.29) is 12.0 Å². The maximum Gasteiger partial charge on any atom is 0.324 e. The molecule has 5 nitrogen and oxygen atoms in total. The van der Waals surface area contributed by atoms with Crippen molar-refractivity contribution in [2.45, 2.75) is 26.5 Å². The number of rotatable bonds is 8. The first kappa shape index (κ1) is 15.6. The SMILES string of the molecule is CCOC(=O)C(C)NN(C)COCc1ccccc1. The van der Waals surface area contributed by atoms with Crippen molar-refractivity contribution in [1.82, 2.24) is 10.4 Å². The summed E-state index contributed by atoms with van der Waals surface area (Å²) in [6, 6.07) is 9.55. The summed E-state index contributed by atoms with van der Waals surface area (Å²) < 4.78 is 10.4.